The standard InChI is InChI=1S/C38H43N5O6/c1-47-37(46)30-16-7-9-23-48-31-20-18-25-11-2-4-13-27(25)34(31)35-28-14-5-3-12-26(28)19-21-32(35)49-24-10-17-33(44)42-29(36(45)43-30)15-6-8-22-41-38(39)40/h2-5,7,9,11-14,18-21,29-30H,6,8,10,15-17,22-24H2,1H3,(H,42,44)(H,43,45)(H4,39,40,41)/b9-7+/t29?,30-/m0/s1. The van der Waals surface area contributed by atoms with Crippen molar-refractivity contribution in [1.29, 1.82) is 0 Å². The van der Waals surface area contributed by atoms with E-state index < -0.39 is 24.0 Å². The van der Waals surface area contributed by atoms with E-state index in [4.69, 9.17) is 25.7 Å². The van der Waals surface area contributed by atoms with Crippen molar-refractivity contribution in [2.75, 3.05) is 26.9 Å². The summed E-state index contributed by atoms with van der Waals surface area (Å²) in [5.74, 6) is -0.0438. The average molecular weight is 666 g/mol. The second-order valence-corrected chi connectivity index (χ2v) is 11.8. The number of methoxy groups -OCH3 is 1. The second kappa shape index (κ2) is 17.0. The van der Waals surface area contributed by atoms with Crippen molar-refractivity contribution in [3.63, 3.8) is 0 Å². The van der Waals surface area contributed by atoms with Gasteiger partial charge >= 0.3 is 5.97 Å². The molecule has 0 fully saturated rings. The average Bonchev–Trinajstić information content (AvgIpc) is 3.11. The van der Waals surface area contributed by atoms with Gasteiger partial charge in [-0.3, -0.25) is 14.6 Å². The molecule has 0 spiro atoms. The zero-order chi connectivity index (χ0) is 34.6. The van der Waals surface area contributed by atoms with Crippen molar-refractivity contribution >= 4 is 45.3 Å². The number of nitrogens with two attached hydrogens (primary N) is 2. The van der Waals surface area contributed by atoms with Crippen LogP contribution in [0.15, 0.2) is 89.9 Å². The molecule has 49 heavy (non-hydrogen) atoms. The number of unbranched alkanes of at least 4 members (excludes halogenated alkanes) is 1. The molecule has 6 N–H and O–H groups in total. The number of fused-ring (bicyclic) bond motifs is 7. The van der Waals surface area contributed by atoms with Gasteiger partial charge < -0.3 is 36.3 Å². The highest BCUT2D eigenvalue weighted by Crippen LogP contribution is 2.45. The van der Waals surface area contributed by atoms with E-state index in [1.165, 1.54) is 7.11 Å². The number of amides is 2. The Kier molecular flexibility index (Phi) is 12.1. The van der Waals surface area contributed by atoms with E-state index in [2.05, 4.69) is 39.9 Å². The molecule has 5 rings (SSSR count). The third kappa shape index (κ3) is 9.07. The number of aliphatic imine (C=N–C) groups is 1. The Morgan fingerprint density at radius 3 is 2.16 bits per heavy atom. The van der Waals surface area contributed by atoms with Crippen molar-refractivity contribution in [2.45, 2.75) is 50.6 Å². The number of carbonyl (C=O) groups is 3. The number of benzene rings is 4. The SMILES string of the molecule is COC(=O)[C@@H]1C/C=C/COc2ccc3ccccc3c2-c2c(ccc3ccccc23)OCCCC(=O)NC(CCCCN=C(N)N)C(=O)N1. The number of nitrogens with zero attached hydrogens (tertiary/aromatic N) is 1. The minimum absolute atomic E-state index is 0.00686. The van der Waals surface area contributed by atoms with Gasteiger partial charge in [0.05, 0.1) is 13.7 Å². The van der Waals surface area contributed by atoms with Crippen LogP contribution < -0.4 is 31.6 Å². The minimum Gasteiger partial charge on any atom is -0.493 e. The van der Waals surface area contributed by atoms with Gasteiger partial charge in [-0.2, -0.15) is 0 Å². The second-order valence-electron chi connectivity index (χ2n) is 11.8. The summed E-state index contributed by atoms with van der Waals surface area (Å²) in [5.41, 5.74) is 12.6. The van der Waals surface area contributed by atoms with Gasteiger partial charge in [0, 0.05) is 24.1 Å². The molecule has 2 amide bonds. The van der Waals surface area contributed by atoms with E-state index in [-0.39, 0.29) is 37.9 Å². The molecule has 0 radical (unpaired) electrons. The maximum absolute atomic E-state index is 13.4. The van der Waals surface area contributed by atoms with Crippen molar-refractivity contribution < 1.29 is 28.6 Å². The third-order valence-electron chi connectivity index (χ3n) is 8.36. The lowest BCUT2D eigenvalue weighted by Gasteiger charge is -2.22. The molecule has 0 bridgehead atoms. The van der Waals surface area contributed by atoms with Gasteiger partial charge in [-0.05, 0) is 65.8 Å². The van der Waals surface area contributed by atoms with Gasteiger partial charge in [-0.25, -0.2) is 4.79 Å². The van der Waals surface area contributed by atoms with E-state index >= 15 is 0 Å². The lowest BCUT2D eigenvalue weighted by Crippen LogP contribution is -2.51. The van der Waals surface area contributed by atoms with Crippen molar-refractivity contribution in [2.24, 2.45) is 16.5 Å². The van der Waals surface area contributed by atoms with Crippen LogP contribution in [0.1, 0.15) is 38.5 Å². The lowest BCUT2D eigenvalue weighted by molar-refractivity contribution is -0.145. The summed E-state index contributed by atoms with van der Waals surface area (Å²) in [7, 11) is 1.27. The van der Waals surface area contributed by atoms with E-state index in [0.717, 1.165) is 32.7 Å². The van der Waals surface area contributed by atoms with E-state index in [9.17, 15) is 14.4 Å². The Morgan fingerprint density at radius 1 is 0.857 bits per heavy atom. The van der Waals surface area contributed by atoms with E-state index in [0.29, 0.717) is 43.7 Å². The number of rotatable bonds is 6. The topological polar surface area (TPSA) is 167 Å². The minimum atomic E-state index is -0.959. The number of nitrogens with one attached hydrogen (secondary N) is 2. The number of hydrogen-bond acceptors (Lipinski definition) is 7. The Bertz CT molecular complexity index is 1850. The molecule has 1 aliphatic rings. The van der Waals surface area contributed by atoms with Crippen LogP contribution in [0.5, 0.6) is 11.5 Å². The van der Waals surface area contributed by atoms with Gasteiger partial charge in [0.25, 0.3) is 0 Å². The smallest absolute Gasteiger partial charge is 0.328 e. The largest absolute Gasteiger partial charge is 0.493 e. The van der Waals surface area contributed by atoms with Gasteiger partial charge in [0.2, 0.25) is 11.8 Å². The fraction of sp³-hybridized carbons (Fsp3) is 0.316. The predicted molar refractivity (Wildman–Crippen MR) is 191 cm³/mol. The maximum Gasteiger partial charge on any atom is 0.328 e. The first-order chi connectivity index (χ1) is 23.9. The molecule has 0 aliphatic carbocycles. The van der Waals surface area contributed by atoms with Crippen molar-refractivity contribution in [3.8, 4) is 22.6 Å². The molecule has 1 unspecified atom stereocenters. The van der Waals surface area contributed by atoms with E-state index in [1.807, 2.05) is 48.5 Å². The third-order valence-corrected chi connectivity index (χ3v) is 8.36. The van der Waals surface area contributed by atoms with Gasteiger partial charge in [0.15, 0.2) is 5.96 Å². The quantitative estimate of drug-likeness (QED) is 0.0753. The van der Waals surface area contributed by atoms with Gasteiger partial charge in [0.1, 0.15) is 30.2 Å². The molecule has 2 atom stereocenters. The lowest BCUT2D eigenvalue weighted by atomic mass is 9.92. The summed E-state index contributed by atoms with van der Waals surface area (Å²) < 4.78 is 17.8. The predicted octanol–water partition coefficient (Wildman–Crippen LogP) is 4.74. The highest BCUT2D eigenvalue weighted by atomic mass is 16.5. The summed E-state index contributed by atoms with van der Waals surface area (Å²) in [4.78, 5) is 43.2. The summed E-state index contributed by atoms with van der Waals surface area (Å²) >= 11 is 0. The number of hydrogen-bond donors (Lipinski definition) is 4. The summed E-state index contributed by atoms with van der Waals surface area (Å²) in [6.07, 6.45) is 5.79. The number of ether oxygens (including phenoxy) is 3. The van der Waals surface area contributed by atoms with E-state index in [1.54, 1.807) is 12.2 Å². The van der Waals surface area contributed by atoms with Crippen LogP contribution in [0.2, 0.25) is 0 Å². The maximum atomic E-state index is 13.4. The molecule has 1 heterocycles. The number of carbonyl (C=O) groups excluding carboxylic acids is 3. The Morgan fingerprint density at radius 2 is 1.51 bits per heavy atom. The van der Waals surface area contributed by atoms with Crippen LogP contribution >= 0.6 is 0 Å². The van der Waals surface area contributed by atoms with Crippen LogP contribution in [-0.2, 0) is 19.1 Å². The molecule has 0 aromatic heterocycles. The first kappa shape index (κ1) is 34.7. The molecule has 4 aromatic carbocycles. The number of esters is 1. The fourth-order valence-electron chi connectivity index (χ4n) is 5.94. The normalized spacial score (nSPS) is 18.1. The first-order valence-corrected chi connectivity index (χ1v) is 16.5. The first-order valence-electron chi connectivity index (χ1n) is 16.5. The summed E-state index contributed by atoms with van der Waals surface area (Å²) in [6.45, 7) is 0.876. The monoisotopic (exact) mass is 665 g/mol. The Balaban J connectivity index is 1.48. The van der Waals surface area contributed by atoms with Crippen LogP contribution in [0.25, 0.3) is 32.7 Å². The van der Waals surface area contributed by atoms with Crippen LogP contribution in [0.3, 0.4) is 0 Å². The summed E-state index contributed by atoms with van der Waals surface area (Å²) in [6, 6.07) is 22.4. The highest BCUT2D eigenvalue weighted by Gasteiger charge is 2.27. The zero-order valence-electron chi connectivity index (χ0n) is 27.7. The Labute approximate surface area is 285 Å². The Hall–Kier alpha value is -5.58. The van der Waals surface area contributed by atoms with Crippen molar-refractivity contribution in [3.05, 3.63) is 84.9 Å². The molecule has 0 saturated heterocycles. The number of guanidine groups is 1. The molecule has 11 nitrogen and oxygen atoms in total. The van der Waals surface area contributed by atoms with Crippen LogP contribution in [-0.4, -0.2) is 62.7 Å². The summed E-state index contributed by atoms with van der Waals surface area (Å²) in [5, 5.41) is 9.74. The molecule has 4 aromatic rings. The fourth-order valence-corrected chi connectivity index (χ4v) is 5.94. The molecule has 1 aliphatic heterocycles. The van der Waals surface area contributed by atoms with Gasteiger partial charge in [-0.15, -0.1) is 0 Å². The molecule has 11 heteroatoms. The van der Waals surface area contributed by atoms with Crippen LogP contribution in [0.4, 0.5) is 0 Å². The highest BCUT2D eigenvalue weighted by molar-refractivity contribution is 6.09. The molecular formula is C38H43N5O6. The van der Waals surface area contributed by atoms with Crippen molar-refractivity contribution in [1.82, 2.24) is 10.6 Å². The van der Waals surface area contributed by atoms with Gasteiger partial charge in [-0.1, -0.05) is 72.8 Å². The molecular weight excluding hydrogens is 622 g/mol. The van der Waals surface area contributed by atoms with Crippen LogP contribution in [0, 0.1) is 0 Å². The molecule has 256 valence electrons. The molecule has 0 saturated carbocycles. The zero-order valence-corrected chi connectivity index (χ0v) is 27.7.